The molecule has 0 radical (unpaired) electrons. The Morgan fingerprint density at radius 2 is 1.97 bits per heavy atom. The van der Waals surface area contributed by atoms with E-state index in [1.807, 2.05) is 32.0 Å². The number of hydrogen-bond donors (Lipinski definition) is 2. The minimum absolute atomic E-state index is 0.0721. The molecular formula is C23H28N4O4. The quantitative estimate of drug-likeness (QED) is 0.708. The Hall–Kier alpha value is -3.42. The van der Waals surface area contributed by atoms with Gasteiger partial charge in [0.15, 0.2) is 0 Å². The van der Waals surface area contributed by atoms with Crippen LogP contribution in [0.15, 0.2) is 42.7 Å². The Balaban J connectivity index is 1.80. The van der Waals surface area contributed by atoms with Crippen molar-refractivity contribution in [3.05, 3.63) is 59.4 Å². The molecule has 1 atom stereocenters. The van der Waals surface area contributed by atoms with Crippen LogP contribution < -0.4 is 5.32 Å². The van der Waals surface area contributed by atoms with E-state index in [-0.39, 0.29) is 24.3 Å². The smallest absolute Gasteiger partial charge is 0.305 e. The van der Waals surface area contributed by atoms with Gasteiger partial charge in [-0.3, -0.25) is 19.4 Å². The van der Waals surface area contributed by atoms with Gasteiger partial charge in [-0.1, -0.05) is 6.07 Å². The maximum absolute atomic E-state index is 12.9. The van der Waals surface area contributed by atoms with Gasteiger partial charge in [0.2, 0.25) is 5.91 Å². The minimum atomic E-state index is -1.05. The number of pyridine rings is 1. The van der Waals surface area contributed by atoms with E-state index < -0.39 is 12.0 Å². The zero-order valence-corrected chi connectivity index (χ0v) is 18.0. The molecule has 2 aromatic rings. The van der Waals surface area contributed by atoms with E-state index in [1.54, 1.807) is 41.4 Å². The highest BCUT2D eigenvalue weighted by molar-refractivity contribution is 5.96. The second kappa shape index (κ2) is 9.59. The van der Waals surface area contributed by atoms with E-state index in [2.05, 4.69) is 10.3 Å². The Morgan fingerprint density at radius 3 is 2.61 bits per heavy atom. The molecule has 0 saturated heterocycles. The first kappa shape index (κ1) is 22.3. The van der Waals surface area contributed by atoms with E-state index in [9.17, 15) is 19.5 Å². The summed E-state index contributed by atoms with van der Waals surface area (Å²) < 4.78 is 0. The largest absolute Gasteiger partial charge is 0.481 e. The summed E-state index contributed by atoms with van der Waals surface area (Å²) in [5.74, 6) is -1.44. The average Bonchev–Trinajstić information content (AvgIpc) is 2.88. The van der Waals surface area contributed by atoms with Crippen molar-refractivity contribution in [1.29, 1.82) is 0 Å². The Morgan fingerprint density at radius 1 is 1.26 bits per heavy atom. The van der Waals surface area contributed by atoms with Crippen molar-refractivity contribution in [2.45, 2.75) is 45.3 Å². The van der Waals surface area contributed by atoms with Crippen molar-refractivity contribution in [3.8, 4) is 0 Å². The number of carbonyl (C=O) groups excluding carboxylic acids is 2. The zero-order valence-electron chi connectivity index (χ0n) is 18.0. The van der Waals surface area contributed by atoms with Crippen molar-refractivity contribution in [1.82, 2.24) is 14.8 Å². The fraction of sp³-hybridized carbons (Fsp3) is 0.391. The average molecular weight is 425 g/mol. The van der Waals surface area contributed by atoms with Crippen LogP contribution in [0.25, 0.3) is 0 Å². The number of carboxylic acid groups (broad SMARTS) is 1. The third-order valence-electron chi connectivity index (χ3n) is 5.44. The van der Waals surface area contributed by atoms with Crippen molar-refractivity contribution < 1.29 is 19.5 Å². The molecule has 1 aliphatic heterocycles. The molecule has 0 fully saturated rings. The van der Waals surface area contributed by atoms with Crippen LogP contribution in [0, 0.1) is 0 Å². The number of aliphatic carboxylic acids is 1. The Bertz CT molecular complexity index is 961. The monoisotopic (exact) mass is 424 g/mol. The third kappa shape index (κ3) is 5.39. The SMILES string of the molecule is CC(C)N1Cc2ccc(C(=O)N(C)CCc3ccncc3)cc2N[C@H](CC(=O)O)C1=O. The highest BCUT2D eigenvalue weighted by atomic mass is 16.4. The highest BCUT2D eigenvalue weighted by Crippen LogP contribution is 2.27. The first-order chi connectivity index (χ1) is 14.8. The Kier molecular flexibility index (Phi) is 6.89. The van der Waals surface area contributed by atoms with Gasteiger partial charge >= 0.3 is 5.97 Å². The summed E-state index contributed by atoms with van der Waals surface area (Å²) in [4.78, 5) is 44.4. The standard InChI is InChI=1S/C23H28N4O4/c1-15(2)27-14-18-5-4-17(12-19(18)25-20(23(27)31)13-21(28)29)22(30)26(3)11-8-16-6-9-24-10-7-16/h4-7,9-10,12,15,20,25H,8,11,13-14H2,1-3H3,(H,28,29)/t20-/m1/s1. The first-order valence-corrected chi connectivity index (χ1v) is 10.3. The molecule has 164 valence electrons. The van der Waals surface area contributed by atoms with Crippen LogP contribution >= 0.6 is 0 Å². The van der Waals surface area contributed by atoms with Crippen LogP contribution in [-0.4, -0.2) is 63.4 Å². The molecule has 0 saturated carbocycles. The maximum atomic E-state index is 12.9. The predicted molar refractivity (Wildman–Crippen MR) is 117 cm³/mol. The lowest BCUT2D eigenvalue weighted by molar-refractivity contribution is -0.142. The minimum Gasteiger partial charge on any atom is -0.481 e. The van der Waals surface area contributed by atoms with Gasteiger partial charge in [0.25, 0.3) is 5.91 Å². The van der Waals surface area contributed by atoms with Crippen LogP contribution in [0.1, 0.15) is 41.8 Å². The topological polar surface area (TPSA) is 103 Å². The summed E-state index contributed by atoms with van der Waals surface area (Å²) in [6, 6.07) is 8.19. The van der Waals surface area contributed by atoms with Gasteiger partial charge in [-0.2, -0.15) is 0 Å². The molecule has 2 amide bonds. The molecular weight excluding hydrogens is 396 g/mol. The molecule has 2 heterocycles. The van der Waals surface area contributed by atoms with Gasteiger partial charge in [-0.05, 0) is 55.7 Å². The molecule has 2 N–H and O–H groups in total. The number of anilines is 1. The van der Waals surface area contributed by atoms with Crippen molar-refractivity contribution in [2.24, 2.45) is 0 Å². The van der Waals surface area contributed by atoms with Gasteiger partial charge in [0.1, 0.15) is 6.04 Å². The lowest BCUT2D eigenvalue weighted by Crippen LogP contribution is -2.44. The second-order valence-electron chi connectivity index (χ2n) is 8.06. The Labute approximate surface area is 181 Å². The highest BCUT2D eigenvalue weighted by Gasteiger charge is 2.32. The summed E-state index contributed by atoms with van der Waals surface area (Å²) in [6.45, 7) is 4.71. The molecule has 8 nitrogen and oxygen atoms in total. The van der Waals surface area contributed by atoms with Crippen LogP contribution in [0.4, 0.5) is 5.69 Å². The molecule has 0 spiro atoms. The summed E-state index contributed by atoms with van der Waals surface area (Å²) in [6.07, 6.45) is 3.84. The summed E-state index contributed by atoms with van der Waals surface area (Å²) in [5.41, 5.74) is 3.06. The van der Waals surface area contributed by atoms with Gasteiger partial charge in [0, 0.05) is 49.8 Å². The lowest BCUT2D eigenvalue weighted by atomic mass is 10.1. The zero-order chi connectivity index (χ0) is 22.5. The fourth-order valence-electron chi connectivity index (χ4n) is 3.61. The normalized spacial score (nSPS) is 15.8. The molecule has 0 aliphatic carbocycles. The number of carboxylic acids is 1. The predicted octanol–water partition coefficient (Wildman–Crippen LogP) is 2.40. The van der Waals surface area contributed by atoms with Crippen LogP contribution in [0.5, 0.6) is 0 Å². The number of amides is 2. The summed E-state index contributed by atoms with van der Waals surface area (Å²) in [7, 11) is 1.75. The van der Waals surface area contributed by atoms with E-state index in [4.69, 9.17) is 0 Å². The maximum Gasteiger partial charge on any atom is 0.305 e. The van der Waals surface area contributed by atoms with Crippen molar-refractivity contribution in [2.75, 3.05) is 18.9 Å². The molecule has 8 heteroatoms. The number of benzene rings is 1. The lowest BCUT2D eigenvalue weighted by Gasteiger charge is -2.27. The van der Waals surface area contributed by atoms with Crippen LogP contribution in [-0.2, 0) is 22.6 Å². The van der Waals surface area contributed by atoms with E-state index in [0.29, 0.717) is 30.8 Å². The number of likely N-dealkylation sites (N-methyl/N-ethyl adjacent to an activating group) is 1. The molecule has 1 aliphatic rings. The molecule has 31 heavy (non-hydrogen) atoms. The van der Waals surface area contributed by atoms with Gasteiger partial charge < -0.3 is 20.2 Å². The molecule has 3 rings (SSSR count). The number of rotatable bonds is 7. The number of carbonyl (C=O) groups is 3. The number of nitrogens with one attached hydrogen (secondary N) is 1. The molecule has 0 bridgehead atoms. The van der Waals surface area contributed by atoms with Crippen molar-refractivity contribution in [3.63, 3.8) is 0 Å². The van der Waals surface area contributed by atoms with E-state index in [1.165, 1.54) is 0 Å². The summed E-state index contributed by atoms with van der Waals surface area (Å²) >= 11 is 0. The first-order valence-electron chi connectivity index (χ1n) is 10.3. The van der Waals surface area contributed by atoms with E-state index in [0.717, 1.165) is 11.1 Å². The van der Waals surface area contributed by atoms with Gasteiger partial charge in [-0.25, -0.2) is 0 Å². The second-order valence-corrected chi connectivity index (χ2v) is 8.06. The van der Waals surface area contributed by atoms with Crippen LogP contribution in [0.3, 0.4) is 0 Å². The number of hydrogen-bond acceptors (Lipinski definition) is 5. The number of nitrogens with zero attached hydrogens (tertiary/aromatic N) is 3. The molecule has 1 aromatic heterocycles. The van der Waals surface area contributed by atoms with E-state index >= 15 is 0 Å². The van der Waals surface area contributed by atoms with Crippen LogP contribution in [0.2, 0.25) is 0 Å². The number of aromatic nitrogens is 1. The summed E-state index contributed by atoms with van der Waals surface area (Å²) in [5, 5.41) is 12.3. The fourth-order valence-corrected chi connectivity index (χ4v) is 3.61. The third-order valence-corrected chi connectivity index (χ3v) is 5.44. The van der Waals surface area contributed by atoms with Gasteiger partial charge in [0.05, 0.1) is 6.42 Å². The molecule has 1 aromatic carbocycles. The molecule has 0 unspecified atom stereocenters. The van der Waals surface area contributed by atoms with Crippen molar-refractivity contribution >= 4 is 23.5 Å². The van der Waals surface area contributed by atoms with Gasteiger partial charge in [-0.15, -0.1) is 0 Å². The number of fused-ring (bicyclic) bond motifs is 1.